The van der Waals surface area contributed by atoms with Gasteiger partial charge in [0.1, 0.15) is 13.1 Å². The normalized spacial score (nSPS) is 16.7. The van der Waals surface area contributed by atoms with E-state index < -0.39 is 11.8 Å². The van der Waals surface area contributed by atoms with Gasteiger partial charge in [-0.1, -0.05) is 5.10 Å². The van der Waals surface area contributed by atoms with E-state index in [2.05, 4.69) is 15.5 Å². The molecule has 1 aromatic rings. The molecule has 0 bridgehead atoms. The molecule has 80 valence electrons. The number of hydrogen-bond acceptors (Lipinski definition) is 7. The predicted octanol–water partition coefficient (Wildman–Crippen LogP) is -2.01. The Labute approximate surface area is 84.4 Å². The topological polar surface area (TPSA) is 114 Å². The second kappa shape index (κ2) is 3.65. The zero-order chi connectivity index (χ0) is 10.8. The van der Waals surface area contributed by atoms with Crippen LogP contribution in [0, 0.1) is 0 Å². The van der Waals surface area contributed by atoms with Crippen LogP contribution in [-0.2, 0) is 16.1 Å². The van der Waals surface area contributed by atoms with Gasteiger partial charge in [-0.25, -0.2) is 0 Å². The number of carbonyl (C=O) groups excluding carboxylic acids is 2. The quantitative estimate of drug-likeness (QED) is 0.543. The molecule has 0 aliphatic carbocycles. The highest BCUT2D eigenvalue weighted by Crippen LogP contribution is 2.12. The number of anilines is 1. The van der Waals surface area contributed by atoms with E-state index in [9.17, 15) is 9.59 Å². The minimum absolute atomic E-state index is 0.0257. The number of nitrogens with zero attached hydrogens (tertiary/aromatic N) is 3. The molecule has 8 nitrogen and oxygen atoms in total. The number of hydrogen-bond donors (Lipinski definition) is 2. The van der Waals surface area contributed by atoms with Gasteiger partial charge < -0.3 is 15.1 Å². The van der Waals surface area contributed by atoms with Crippen molar-refractivity contribution in [2.75, 3.05) is 18.0 Å². The first-order chi connectivity index (χ1) is 7.19. The van der Waals surface area contributed by atoms with Gasteiger partial charge in [0.15, 0.2) is 0 Å². The molecule has 2 heterocycles. The van der Waals surface area contributed by atoms with Crippen molar-refractivity contribution in [3.8, 4) is 0 Å². The van der Waals surface area contributed by atoms with E-state index in [-0.39, 0.29) is 31.5 Å². The van der Waals surface area contributed by atoms with Gasteiger partial charge in [-0.05, 0) is 0 Å². The highest BCUT2D eigenvalue weighted by atomic mass is 16.4. The minimum atomic E-state index is -0.390. The largest absolute Gasteiger partial charge is 0.407 e. The van der Waals surface area contributed by atoms with Gasteiger partial charge in [-0.2, -0.15) is 0 Å². The maximum absolute atomic E-state index is 11.0. The van der Waals surface area contributed by atoms with E-state index in [4.69, 9.17) is 10.2 Å². The van der Waals surface area contributed by atoms with E-state index in [1.165, 1.54) is 4.90 Å². The van der Waals surface area contributed by atoms with Crippen molar-refractivity contribution in [3.05, 3.63) is 5.89 Å². The van der Waals surface area contributed by atoms with Crippen molar-refractivity contribution in [3.63, 3.8) is 0 Å². The molecule has 8 heteroatoms. The Morgan fingerprint density at radius 1 is 1.33 bits per heavy atom. The Kier molecular flexibility index (Phi) is 2.34. The smallest absolute Gasteiger partial charge is 0.319 e. The maximum atomic E-state index is 11.0. The van der Waals surface area contributed by atoms with E-state index in [1.54, 1.807) is 0 Å². The average Bonchev–Trinajstić information content (AvgIpc) is 2.64. The van der Waals surface area contributed by atoms with Crippen LogP contribution in [0.3, 0.4) is 0 Å². The van der Waals surface area contributed by atoms with Crippen LogP contribution < -0.4 is 16.0 Å². The van der Waals surface area contributed by atoms with E-state index in [0.29, 0.717) is 0 Å². The van der Waals surface area contributed by atoms with Crippen molar-refractivity contribution < 1.29 is 14.0 Å². The Hall–Kier alpha value is -1.96. The number of rotatable bonds is 2. The summed E-state index contributed by atoms with van der Waals surface area (Å²) in [5.74, 6) is -0.513. The fraction of sp³-hybridized carbons (Fsp3) is 0.429. The number of nitrogens with one attached hydrogen (secondary N) is 1. The zero-order valence-corrected chi connectivity index (χ0v) is 7.77. The monoisotopic (exact) mass is 211 g/mol. The molecule has 0 radical (unpaired) electrons. The van der Waals surface area contributed by atoms with Gasteiger partial charge in [0.2, 0.25) is 17.7 Å². The summed E-state index contributed by atoms with van der Waals surface area (Å²) >= 11 is 0. The number of nitrogens with two attached hydrogens (primary N) is 1. The molecule has 1 saturated heterocycles. The van der Waals surface area contributed by atoms with Crippen molar-refractivity contribution in [2.24, 2.45) is 5.73 Å². The molecule has 1 aliphatic rings. The highest BCUT2D eigenvalue weighted by molar-refractivity contribution is 6.02. The van der Waals surface area contributed by atoms with Gasteiger partial charge in [-0.3, -0.25) is 14.9 Å². The molecule has 0 spiro atoms. The van der Waals surface area contributed by atoms with Crippen LogP contribution in [0.15, 0.2) is 4.42 Å². The van der Waals surface area contributed by atoms with Gasteiger partial charge >= 0.3 is 6.01 Å². The molecule has 15 heavy (non-hydrogen) atoms. The van der Waals surface area contributed by atoms with Crippen molar-refractivity contribution >= 4 is 17.8 Å². The predicted molar refractivity (Wildman–Crippen MR) is 47.6 cm³/mol. The summed E-state index contributed by atoms with van der Waals surface area (Å²) in [6.07, 6.45) is 0. The maximum Gasteiger partial charge on any atom is 0.319 e. The first-order valence-electron chi connectivity index (χ1n) is 4.29. The lowest BCUT2D eigenvalue weighted by molar-refractivity contribution is -0.130. The van der Waals surface area contributed by atoms with Crippen molar-refractivity contribution in [1.82, 2.24) is 15.5 Å². The van der Waals surface area contributed by atoms with E-state index >= 15 is 0 Å². The Bertz CT molecular complexity index is 385. The van der Waals surface area contributed by atoms with Crippen molar-refractivity contribution in [1.29, 1.82) is 0 Å². The molecule has 0 aromatic carbocycles. The van der Waals surface area contributed by atoms with Crippen LogP contribution in [0.25, 0.3) is 0 Å². The van der Waals surface area contributed by atoms with Crippen LogP contribution in [0.1, 0.15) is 5.89 Å². The Morgan fingerprint density at radius 3 is 2.53 bits per heavy atom. The van der Waals surface area contributed by atoms with Gasteiger partial charge in [-0.15, -0.1) is 5.10 Å². The molecular weight excluding hydrogens is 202 g/mol. The first-order valence-corrected chi connectivity index (χ1v) is 4.29. The summed E-state index contributed by atoms with van der Waals surface area (Å²) in [7, 11) is 0. The molecule has 0 saturated carbocycles. The summed E-state index contributed by atoms with van der Waals surface area (Å²) in [5, 5.41) is 9.48. The third-order valence-electron chi connectivity index (χ3n) is 1.85. The van der Waals surface area contributed by atoms with Crippen LogP contribution in [0.2, 0.25) is 0 Å². The average molecular weight is 211 g/mol. The second-order valence-electron chi connectivity index (χ2n) is 3.01. The van der Waals surface area contributed by atoms with Crippen molar-refractivity contribution in [2.45, 2.75) is 6.54 Å². The van der Waals surface area contributed by atoms with Crippen LogP contribution in [0.4, 0.5) is 6.01 Å². The fourth-order valence-electron chi connectivity index (χ4n) is 1.23. The van der Waals surface area contributed by atoms with E-state index in [0.717, 1.165) is 0 Å². The van der Waals surface area contributed by atoms with E-state index in [1.807, 2.05) is 0 Å². The van der Waals surface area contributed by atoms with Gasteiger partial charge in [0, 0.05) is 0 Å². The molecule has 2 amide bonds. The molecule has 0 unspecified atom stereocenters. The number of amides is 2. The Balaban J connectivity index is 2.15. The lowest BCUT2D eigenvalue weighted by Crippen LogP contribution is -2.51. The minimum Gasteiger partial charge on any atom is -0.407 e. The van der Waals surface area contributed by atoms with Gasteiger partial charge in [0.25, 0.3) is 0 Å². The first kappa shape index (κ1) is 9.59. The third kappa shape index (κ3) is 1.94. The molecule has 1 fully saturated rings. The Morgan fingerprint density at radius 2 is 2.00 bits per heavy atom. The number of carbonyl (C=O) groups is 2. The fourth-order valence-corrected chi connectivity index (χ4v) is 1.23. The summed E-state index contributed by atoms with van der Waals surface area (Å²) in [5.41, 5.74) is 5.29. The lowest BCUT2D eigenvalue weighted by atomic mass is 10.4. The molecule has 3 N–H and O–H groups in total. The van der Waals surface area contributed by atoms with Crippen LogP contribution >= 0.6 is 0 Å². The standard InChI is InChI=1S/C7H9N5O3/c8-1-6-10-11-7(15-6)12-2-4(13)9-5(14)3-12/h1-3,8H2,(H,9,13,14). The summed E-state index contributed by atoms with van der Waals surface area (Å²) in [6.45, 7) is 0.177. The lowest BCUT2D eigenvalue weighted by Gasteiger charge is -2.22. The molecule has 1 aliphatic heterocycles. The number of imide groups is 1. The number of piperazine rings is 1. The van der Waals surface area contributed by atoms with Gasteiger partial charge in [0.05, 0.1) is 6.54 Å². The highest BCUT2D eigenvalue weighted by Gasteiger charge is 2.26. The summed E-state index contributed by atoms with van der Waals surface area (Å²) in [4.78, 5) is 23.5. The SMILES string of the molecule is NCc1nnc(N2CC(=O)NC(=O)C2)o1. The summed E-state index contributed by atoms with van der Waals surface area (Å²) < 4.78 is 5.12. The zero-order valence-electron chi connectivity index (χ0n) is 7.77. The van der Waals surface area contributed by atoms with Crippen LogP contribution in [0.5, 0.6) is 0 Å². The second-order valence-corrected chi connectivity index (χ2v) is 3.01. The molecule has 0 atom stereocenters. The number of aromatic nitrogens is 2. The third-order valence-corrected chi connectivity index (χ3v) is 1.85. The van der Waals surface area contributed by atoms with Crippen LogP contribution in [-0.4, -0.2) is 35.1 Å². The summed E-state index contributed by atoms with van der Waals surface area (Å²) in [6, 6.07) is 0.138. The molecule has 1 aromatic heterocycles. The molecule has 2 rings (SSSR count). The molecular formula is C7H9N5O3.